The predicted molar refractivity (Wildman–Crippen MR) is 127 cm³/mol. The fourth-order valence-corrected chi connectivity index (χ4v) is 5.05. The molecule has 2 amide bonds. The largest absolute Gasteiger partial charge is 0.491 e. The van der Waals surface area contributed by atoms with E-state index in [1.54, 1.807) is 48.3 Å². The van der Waals surface area contributed by atoms with Gasteiger partial charge in [-0.15, -0.1) is 11.3 Å². The molecule has 0 unspecified atom stereocenters. The first-order valence-electron chi connectivity index (χ1n) is 11.1. The molecule has 0 radical (unpaired) electrons. The van der Waals surface area contributed by atoms with Gasteiger partial charge in [0, 0.05) is 23.5 Å². The van der Waals surface area contributed by atoms with Gasteiger partial charge in [-0.1, -0.05) is 18.2 Å². The van der Waals surface area contributed by atoms with Crippen molar-refractivity contribution in [2.75, 3.05) is 19.7 Å². The van der Waals surface area contributed by atoms with E-state index in [2.05, 4.69) is 0 Å². The van der Waals surface area contributed by atoms with E-state index in [1.165, 1.54) is 40.1 Å². The Balaban J connectivity index is 1.54. The maximum Gasteiger partial charge on any atom is 0.257 e. The SMILES string of the molecule is CC(C)N(CC(=O)N1CCc2sccc2[C@H]1COc1cccc(F)c1)C(=O)c1ccccc1F. The molecule has 4 rings (SSSR count). The molecule has 1 aliphatic rings. The number of nitrogens with zero attached hydrogens (tertiary/aromatic N) is 2. The molecule has 1 aliphatic heterocycles. The molecule has 0 bridgehead atoms. The molecule has 1 aromatic heterocycles. The number of carbonyl (C=O) groups excluding carboxylic acids is 2. The van der Waals surface area contributed by atoms with Gasteiger partial charge in [0.2, 0.25) is 5.91 Å². The van der Waals surface area contributed by atoms with Crippen LogP contribution in [0.1, 0.15) is 40.7 Å². The number of ether oxygens (including phenoxy) is 1. The monoisotopic (exact) mass is 484 g/mol. The van der Waals surface area contributed by atoms with Gasteiger partial charge >= 0.3 is 0 Å². The number of amides is 2. The fraction of sp³-hybridized carbons (Fsp3) is 0.308. The topological polar surface area (TPSA) is 49.9 Å². The van der Waals surface area contributed by atoms with Crippen LogP contribution in [0.25, 0.3) is 0 Å². The van der Waals surface area contributed by atoms with E-state index in [0.29, 0.717) is 18.7 Å². The van der Waals surface area contributed by atoms with Gasteiger partial charge in [0.05, 0.1) is 11.6 Å². The van der Waals surface area contributed by atoms with Crippen molar-refractivity contribution in [3.05, 3.63) is 87.6 Å². The molecule has 2 aromatic carbocycles. The van der Waals surface area contributed by atoms with E-state index in [-0.39, 0.29) is 36.7 Å². The Bertz CT molecular complexity index is 1180. The second-order valence-electron chi connectivity index (χ2n) is 8.43. The number of benzene rings is 2. The molecule has 3 aromatic rings. The number of thiophene rings is 1. The van der Waals surface area contributed by atoms with Crippen LogP contribution in [0.2, 0.25) is 0 Å². The van der Waals surface area contributed by atoms with Gasteiger partial charge in [-0.25, -0.2) is 8.78 Å². The Morgan fingerprint density at radius 2 is 1.94 bits per heavy atom. The van der Waals surface area contributed by atoms with E-state index in [1.807, 2.05) is 11.4 Å². The Morgan fingerprint density at radius 3 is 2.68 bits per heavy atom. The van der Waals surface area contributed by atoms with Crippen LogP contribution in [0.4, 0.5) is 8.78 Å². The van der Waals surface area contributed by atoms with Crippen molar-refractivity contribution in [2.45, 2.75) is 32.4 Å². The van der Waals surface area contributed by atoms with Crippen LogP contribution in [0.15, 0.2) is 60.0 Å². The highest BCUT2D eigenvalue weighted by Gasteiger charge is 2.34. The molecule has 0 aliphatic carbocycles. The fourth-order valence-electron chi connectivity index (χ4n) is 4.12. The second kappa shape index (κ2) is 10.3. The molecule has 1 atom stereocenters. The normalized spacial score (nSPS) is 15.2. The molecule has 0 fully saturated rings. The molecule has 2 heterocycles. The number of rotatable bonds is 7. The van der Waals surface area contributed by atoms with Crippen LogP contribution in [0, 0.1) is 11.6 Å². The lowest BCUT2D eigenvalue weighted by molar-refractivity contribution is -0.136. The molecule has 34 heavy (non-hydrogen) atoms. The van der Waals surface area contributed by atoms with Crippen LogP contribution in [-0.2, 0) is 11.2 Å². The summed E-state index contributed by atoms with van der Waals surface area (Å²) in [7, 11) is 0. The number of fused-ring (bicyclic) bond motifs is 1. The maximum absolute atomic E-state index is 14.3. The molecule has 0 N–H and O–H groups in total. The Labute approximate surface area is 201 Å². The average Bonchev–Trinajstić information content (AvgIpc) is 3.30. The minimum atomic E-state index is -0.618. The third-order valence-electron chi connectivity index (χ3n) is 5.91. The van der Waals surface area contributed by atoms with E-state index in [0.717, 1.165) is 5.56 Å². The minimum Gasteiger partial charge on any atom is -0.491 e. The first kappa shape index (κ1) is 23.9. The highest BCUT2D eigenvalue weighted by Crippen LogP contribution is 2.34. The van der Waals surface area contributed by atoms with Gasteiger partial charge in [-0.3, -0.25) is 9.59 Å². The summed E-state index contributed by atoms with van der Waals surface area (Å²) >= 11 is 1.63. The summed E-state index contributed by atoms with van der Waals surface area (Å²) in [6, 6.07) is 12.9. The van der Waals surface area contributed by atoms with Crippen molar-refractivity contribution in [3.63, 3.8) is 0 Å². The van der Waals surface area contributed by atoms with Crippen LogP contribution < -0.4 is 4.74 Å². The van der Waals surface area contributed by atoms with Crippen LogP contribution in [0.3, 0.4) is 0 Å². The molecule has 0 spiro atoms. The lowest BCUT2D eigenvalue weighted by atomic mass is 10.00. The van der Waals surface area contributed by atoms with E-state index in [9.17, 15) is 18.4 Å². The summed E-state index contributed by atoms with van der Waals surface area (Å²) in [5.74, 6) is -1.41. The van der Waals surface area contributed by atoms with Gasteiger partial charge in [-0.2, -0.15) is 0 Å². The average molecular weight is 485 g/mol. The number of carbonyl (C=O) groups is 2. The summed E-state index contributed by atoms with van der Waals surface area (Å²) in [6.07, 6.45) is 0.706. The first-order chi connectivity index (χ1) is 16.3. The number of halogens is 2. The summed E-state index contributed by atoms with van der Waals surface area (Å²) in [5.41, 5.74) is 0.936. The van der Waals surface area contributed by atoms with Crippen molar-refractivity contribution in [2.24, 2.45) is 0 Å². The van der Waals surface area contributed by atoms with Crippen LogP contribution >= 0.6 is 11.3 Å². The van der Waals surface area contributed by atoms with Crippen LogP contribution in [-0.4, -0.2) is 47.4 Å². The van der Waals surface area contributed by atoms with Gasteiger partial charge < -0.3 is 14.5 Å². The third-order valence-corrected chi connectivity index (χ3v) is 6.91. The molecular weight excluding hydrogens is 458 g/mol. The van der Waals surface area contributed by atoms with Crippen LogP contribution in [0.5, 0.6) is 5.75 Å². The zero-order valence-corrected chi connectivity index (χ0v) is 19.9. The summed E-state index contributed by atoms with van der Waals surface area (Å²) in [6.45, 7) is 4.04. The van der Waals surface area contributed by atoms with Gasteiger partial charge in [0.25, 0.3) is 5.91 Å². The standard InChI is InChI=1S/C26H26F2N2O3S/c1-17(2)30(26(32)20-8-3-4-9-22(20)28)15-25(31)29-12-10-24-21(11-13-34-24)23(29)16-33-19-7-5-6-18(27)14-19/h3-9,11,13-14,17,23H,10,12,15-16H2,1-2H3/t23-/m1/s1. The Hall–Kier alpha value is -3.26. The van der Waals surface area contributed by atoms with Crippen molar-refractivity contribution >= 4 is 23.2 Å². The highest BCUT2D eigenvalue weighted by molar-refractivity contribution is 7.10. The van der Waals surface area contributed by atoms with Crippen molar-refractivity contribution < 1.29 is 23.1 Å². The molecule has 0 saturated carbocycles. The summed E-state index contributed by atoms with van der Waals surface area (Å²) < 4.78 is 33.7. The third kappa shape index (κ3) is 5.12. The van der Waals surface area contributed by atoms with Gasteiger partial charge in [0.1, 0.15) is 30.5 Å². The molecule has 0 saturated heterocycles. The summed E-state index contributed by atoms with van der Waals surface area (Å²) in [5, 5.41) is 1.98. The Morgan fingerprint density at radius 1 is 1.15 bits per heavy atom. The Kier molecular flexibility index (Phi) is 7.26. The number of hydrogen-bond acceptors (Lipinski definition) is 4. The molecule has 178 valence electrons. The highest BCUT2D eigenvalue weighted by atomic mass is 32.1. The minimum absolute atomic E-state index is 0.0613. The summed E-state index contributed by atoms with van der Waals surface area (Å²) in [4.78, 5) is 30.8. The van der Waals surface area contributed by atoms with E-state index in [4.69, 9.17) is 4.74 Å². The molecule has 8 heteroatoms. The molecular formula is C26H26F2N2O3S. The van der Waals surface area contributed by atoms with Crippen molar-refractivity contribution in [3.8, 4) is 5.75 Å². The quantitative estimate of drug-likeness (QED) is 0.470. The zero-order chi connectivity index (χ0) is 24.2. The van der Waals surface area contributed by atoms with Gasteiger partial charge in [0.15, 0.2) is 0 Å². The maximum atomic E-state index is 14.3. The van der Waals surface area contributed by atoms with Crippen molar-refractivity contribution in [1.82, 2.24) is 9.80 Å². The second-order valence-corrected chi connectivity index (χ2v) is 9.43. The first-order valence-corrected chi connectivity index (χ1v) is 12.0. The van der Waals surface area contributed by atoms with Crippen molar-refractivity contribution in [1.29, 1.82) is 0 Å². The lowest BCUT2D eigenvalue weighted by Crippen LogP contribution is -2.49. The van der Waals surface area contributed by atoms with E-state index >= 15 is 0 Å². The predicted octanol–water partition coefficient (Wildman–Crippen LogP) is 5.08. The van der Waals surface area contributed by atoms with E-state index < -0.39 is 17.5 Å². The smallest absolute Gasteiger partial charge is 0.257 e. The number of hydrogen-bond donors (Lipinski definition) is 0. The zero-order valence-electron chi connectivity index (χ0n) is 19.0. The molecule has 5 nitrogen and oxygen atoms in total. The van der Waals surface area contributed by atoms with Gasteiger partial charge in [-0.05, 0) is 61.5 Å². The lowest BCUT2D eigenvalue weighted by Gasteiger charge is -2.37.